The molecular weight excluding hydrogens is 252 g/mol. The van der Waals surface area contributed by atoms with Crippen molar-refractivity contribution < 1.29 is 14.7 Å². The molecule has 0 spiro atoms. The SMILES string of the molecule is NC(CSCCC(=O)NC1CCCCC1)C(=O)O. The number of nitrogens with two attached hydrogens (primary N) is 1. The fourth-order valence-electron chi connectivity index (χ4n) is 1.99. The lowest BCUT2D eigenvalue weighted by molar-refractivity contribution is -0.137. The second-order valence-electron chi connectivity index (χ2n) is 4.67. The zero-order valence-corrected chi connectivity index (χ0v) is 11.4. The summed E-state index contributed by atoms with van der Waals surface area (Å²) in [6.07, 6.45) is 6.29. The molecular formula is C12H22N2O3S. The minimum atomic E-state index is -0.992. The van der Waals surface area contributed by atoms with Gasteiger partial charge in [-0.05, 0) is 12.8 Å². The van der Waals surface area contributed by atoms with Crippen LogP contribution in [0.1, 0.15) is 38.5 Å². The molecule has 1 saturated carbocycles. The molecule has 1 aliphatic rings. The molecule has 0 heterocycles. The van der Waals surface area contributed by atoms with Gasteiger partial charge in [0.15, 0.2) is 0 Å². The van der Waals surface area contributed by atoms with Crippen LogP contribution in [0.2, 0.25) is 0 Å². The second kappa shape index (κ2) is 8.37. The number of nitrogens with one attached hydrogen (secondary N) is 1. The molecule has 0 aromatic rings. The predicted octanol–water partition coefficient (Wildman–Crippen LogP) is 0.970. The lowest BCUT2D eigenvalue weighted by Gasteiger charge is -2.22. The van der Waals surface area contributed by atoms with Crippen molar-refractivity contribution in [3.63, 3.8) is 0 Å². The van der Waals surface area contributed by atoms with Gasteiger partial charge in [0, 0.05) is 24.0 Å². The molecule has 0 aliphatic heterocycles. The number of thioether (sulfide) groups is 1. The van der Waals surface area contributed by atoms with Crippen molar-refractivity contribution in [2.75, 3.05) is 11.5 Å². The van der Waals surface area contributed by atoms with E-state index in [9.17, 15) is 9.59 Å². The van der Waals surface area contributed by atoms with Gasteiger partial charge < -0.3 is 16.2 Å². The van der Waals surface area contributed by atoms with Gasteiger partial charge >= 0.3 is 5.97 Å². The number of rotatable bonds is 7. The van der Waals surface area contributed by atoms with Crippen LogP contribution in [0, 0.1) is 0 Å². The van der Waals surface area contributed by atoms with Crippen LogP contribution in [0.15, 0.2) is 0 Å². The Labute approximate surface area is 112 Å². The Morgan fingerprint density at radius 2 is 2.00 bits per heavy atom. The van der Waals surface area contributed by atoms with Crippen molar-refractivity contribution in [3.8, 4) is 0 Å². The summed E-state index contributed by atoms with van der Waals surface area (Å²) in [7, 11) is 0. The molecule has 1 atom stereocenters. The van der Waals surface area contributed by atoms with E-state index in [2.05, 4.69) is 5.32 Å². The summed E-state index contributed by atoms with van der Waals surface area (Å²) in [4.78, 5) is 22.1. The molecule has 5 nitrogen and oxygen atoms in total. The summed E-state index contributed by atoms with van der Waals surface area (Å²) in [5.41, 5.74) is 5.36. The molecule has 1 fully saturated rings. The molecule has 0 bridgehead atoms. The number of carboxylic acid groups (broad SMARTS) is 1. The molecule has 18 heavy (non-hydrogen) atoms. The highest BCUT2D eigenvalue weighted by molar-refractivity contribution is 7.99. The molecule has 0 saturated heterocycles. The van der Waals surface area contributed by atoms with Crippen molar-refractivity contribution in [2.24, 2.45) is 5.73 Å². The van der Waals surface area contributed by atoms with Gasteiger partial charge in [0.1, 0.15) is 6.04 Å². The highest BCUT2D eigenvalue weighted by atomic mass is 32.2. The number of carbonyl (C=O) groups is 2. The molecule has 0 aromatic heterocycles. The molecule has 4 N–H and O–H groups in total. The van der Waals surface area contributed by atoms with Gasteiger partial charge in [0.25, 0.3) is 0 Å². The standard InChI is InChI=1S/C12H22N2O3S/c13-10(12(16)17)8-18-7-6-11(15)14-9-4-2-1-3-5-9/h9-10H,1-8,13H2,(H,14,15)(H,16,17). The van der Waals surface area contributed by atoms with E-state index in [1.165, 1.54) is 31.0 Å². The number of aliphatic carboxylic acids is 1. The minimum absolute atomic E-state index is 0.0679. The van der Waals surface area contributed by atoms with E-state index in [0.717, 1.165) is 12.8 Å². The Balaban J connectivity index is 2.04. The van der Waals surface area contributed by atoms with Gasteiger partial charge in [0.05, 0.1) is 0 Å². The molecule has 1 unspecified atom stereocenters. The average molecular weight is 274 g/mol. The first kappa shape index (κ1) is 15.3. The Kier molecular flexibility index (Phi) is 7.12. The van der Waals surface area contributed by atoms with E-state index in [4.69, 9.17) is 10.8 Å². The van der Waals surface area contributed by atoms with Crippen LogP contribution in [0.5, 0.6) is 0 Å². The first-order valence-electron chi connectivity index (χ1n) is 6.45. The fourth-order valence-corrected chi connectivity index (χ4v) is 2.89. The van der Waals surface area contributed by atoms with Gasteiger partial charge in [-0.15, -0.1) is 0 Å². The first-order valence-corrected chi connectivity index (χ1v) is 7.60. The summed E-state index contributed by atoms with van der Waals surface area (Å²) in [6.45, 7) is 0. The van der Waals surface area contributed by atoms with Crippen LogP contribution in [0.4, 0.5) is 0 Å². The van der Waals surface area contributed by atoms with Crippen molar-refractivity contribution in [3.05, 3.63) is 0 Å². The highest BCUT2D eigenvalue weighted by Crippen LogP contribution is 2.17. The number of amides is 1. The van der Waals surface area contributed by atoms with Crippen LogP contribution in [0.3, 0.4) is 0 Å². The summed E-state index contributed by atoms with van der Waals surface area (Å²) in [6, 6.07) is -0.492. The van der Waals surface area contributed by atoms with Crippen LogP contribution in [0.25, 0.3) is 0 Å². The maximum Gasteiger partial charge on any atom is 0.321 e. The molecule has 0 aromatic carbocycles. The van der Waals surface area contributed by atoms with Crippen LogP contribution in [-0.2, 0) is 9.59 Å². The van der Waals surface area contributed by atoms with Crippen LogP contribution in [-0.4, -0.2) is 40.6 Å². The maximum atomic E-state index is 11.6. The minimum Gasteiger partial charge on any atom is -0.480 e. The van der Waals surface area contributed by atoms with E-state index in [0.29, 0.717) is 24.0 Å². The normalized spacial score (nSPS) is 18.3. The lowest BCUT2D eigenvalue weighted by Crippen LogP contribution is -2.36. The average Bonchev–Trinajstić information content (AvgIpc) is 2.35. The Morgan fingerprint density at radius 3 is 2.61 bits per heavy atom. The van der Waals surface area contributed by atoms with Crippen molar-refractivity contribution in [1.29, 1.82) is 0 Å². The van der Waals surface area contributed by atoms with Crippen molar-refractivity contribution >= 4 is 23.6 Å². The van der Waals surface area contributed by atoms with Crippen LogP contribution >= 0.6 is 11.8 Å². The van der Waals surface area contributed by atoms with E-state index in [-0.39, 0.29) is 5.91 Å². The lowest BCUT2D eigenvalue weighted by atomic mass is 9.95. The Morgan fingerprint density at radius 1 is 1.33 bits per heavy atom. The van der Waals surface area contributed by atoms with Crippen molar-refractivity contribution in [2.45, 2.75) is 50.6 Å². The topological polar surface area (TPSA) is 92.4 Å². The maximum absolute atomic E-state index is 11.6. The third kappa shape index (κ3) is 6.26. The van der Waals surface area contributed by atoms with E-state index >= 15 is 0 Å². The third-order valence-corrected chi connectivity index (χ3v) is 4.15. The quantitative estimate of drug-likeness (QED) is 0.602. The predicted molar refractivity (Wildman–Crippen MR) is 72.6 cm³/mol. The van der Waals surface area contributed by atoms with Gasteiger partial charge in [-0.1, -0.05) is 19.3 Å². The van der Waals surface area contributed by atoms with Crippen LogP contribution < -0.4 is 11.1 Å². The van der Waals surface area contributed by atoms with E-state index < -0.39 is 12.0 Å². The molecule has 0 radical (unpaired) electrons. The molecule has 1 rings (SSSR count). The van der Waals surface area contributed by atoms with Gasteiger partial charge in [-0.25, -0.2) is 0 Å². The number of hydrogen-bond acceptors (Lipinski definition) is 4. The van der Waals surface area contributed by atoms with E-state index in [1.807, 2.05) is 0 Å². The highest BCUT2D eigenvalue weighted by Gasteiger charge is 2.16. The molecule has 104 valence electrons. The smallest absolute Gasteiger partial charge is 0.321 e. The number of carboxylic acids is 1. The zero-order valence-electron chi connectivity index (χ0n) is 10.6. The summed E-state index contributed by atoms with van der Waals surface area (Å²) < 4.78 is 0. The summed E-state index contributed by atoms with van der Waals surface area (Å²) in [5.74, 6) is 0.0541. The molecule has 1 amide bonds. The summed E-state index contributed by atoms with van der Waals surface area (Å²) >= 11 is 1.41. The fraction of sp³-hybridized carbons (Fsp3) is 0.833. The number of carbonyl (C=O) groups excluding carboxylic acids is 1. The van der Waals surface area contributed by atoms with Crippen molar-refractivity contribution in [1.82, 2.24) is 5.32 Å². The third-order valence-electron chi connectivity index (χ3n) is 3.06. The summed E-state index contributed by atoms with van der Waals surface area (Å²) in [5, 5.41) is 11.6. The first-order chi connectivity index (χ1) is 8.59. The number of hydrogen-bond donors (Lipinski definition) is 3. The Hall–Kier alpha value is -0.750. The largest absolute Gasteiger partial charge is 0.480 e. The van der Waals surface area contributed by atoms with Gasteiger partial charge in [0.2, 0.25) is 5.91 Å². The zero-order chi connectivity index (χ0) is 13.4. The van der Waals surface area contributed by atoms with Gasteiger partial charge in [-0.3, -0.25) is 9.59 Å². The second-order valence-corrected chi connectivity index (χ2v) is 5.82. The van der Waals surface area contributed by atoms with E-state index in [1.54, 1.807) is 0 Å². The monoisotopic (exact) mass is 274 g/mol. The molecule has 1 aliphatic carbocycles. The Bertz CT molecular complexity index is 280. The molecule has 6 heteroatoms. The van der Waals surface area contributed by atoms with Gasteiger partial charge in [-0.2, -0.15) is 11.8 Å².